The van der Waals surface area contributed by atoms with Gasteiger partial charge in [-0.3, -0.25) is 4.79 Å². The van der Waals surface area contributed by atoms with E-state index in [2.05, 4.69) is 39.9 Å². The lowest BCUT2D eigenvalue weighted by molar-refractivity contribution is -0.132. The maximum absolute atomic E-state index is 13.5. The monoisotopic (exact) mass is 586 g/mol. The Morgan fingerprint density at radius 3 is 2.37 bits per heavy atom. The molecule has 12 heteroatoms. The average Bonchev–Trinajstić information content (AvgIpc) is 3.73. The van der Waals surface area contributed by atoms with E-state index in [1.807, 2.05) is 43.3 Å². The molecule has 2 aromatic carbocycles. The lowest BCUT2D eigenvalue weighted by Crippen LogP contribution is -2.50. The number of rotatable bonds is 10. The summed E-state index contributed by atoms with van der Waals surface area (Å²) < 4.78 is 6.99. The minimum atomic E-state index is -1.32. The SMILES string of the molecule is CCN(C(=O)[C@H]1OC[C@H](O)[C@@H]1O)n1cnc2c(NCC(c3ccccc3)c3ccccc3)nc(NC3CCC(N)C3)nc21. The fraction of sp³-hybridized carbons (Fsp3) is 0.419. The Hall–Kier alpha value is -4.10. The Morgan fingerprint density at radius 1 is 1.09 bits per heavy atom. The van der Waals surface area contributed by atoms with Crippen LogP contribution in [0.2, 0.25) is 0 Å². The number of hydrogen-bond acceptors (Lipinski definition) is 10. The third kappa shape index (κ3) is 6.04. The number of nitrogens with two attached hydrogens (primary N) is 1. The van der Waals surface area contributed by atoms with Crippen LogP contribution in [-0.4, -0.2) is 85.8 Å². The first-order chi connectivity index (χ1) is 20.9. The van der Waals surface area contributed by atoms with Gasteiger partial charge in [-0.15, -0.1) is 0 Å². The number of imidazole rings is 1. The molecule has 12 nitrogen and oxygen atoms in total. The van der Waals surface area contributed by atoms with E-state index in [9.17, 15) is 15.0 Å². The third-order valence-electron chi connectivity index (χ3n) is 8.27. The van der Waals surface area contributed by atoms with Crippen molar-refractivity contribution >= 4 is 28.8 Å². The van der Waals surface area contributed by atoms with Crippen molar-refractivity contribution in [3.8, 4) is 0 Å². The number of ether oxygens (including phenoxy) is 1. The van der Waals surface area contributed by atoms with Crippen molar-refractivity contribution in [3.63, 3.8) is 0 Å². The van der Waals surface area contributed by atoms with Crippen LogP contribution in [0.25, 0.3) is 11.2 Å². The Bertz CT molecular complexity index is 1500. The summed E-state index contributed by atoms with van der Waals surface area (Å²) in [5, 5.41) is 28.7. The Balaban J connectivity index is 1.36. The molecular weight excluding hydrogens is 548 g/mol. The van der Waals surface area contributed by atoms with Gasteiger partial charge in [0, 0.05) is 31.1 Å². The summed E-state index contributed by atoms with van der Waals surface area (Å²) in [6.07, 6.45) is 0.528. The van der Waals surface area contributed by atoms with E-state index in [-0.39, 0.29) is 31.2 Å². The van der Waals surface area contributed by atoms with E-state index < -0.39 is 24.2 Å². The van der Waals surface area contributed by atoms with Crippen molar-refractivity contribution < 1.29 is 19.7 Å². The van der Waals surface area contributed by atoms with Crippen molar-refractivity contribution in [1.29, 1.82) is 0 Å². The first kappa shape index (κ1) is 29.0. The number of carbonyl (C=O) groups is 1. The Morgan fingerprint density at radius 2 is 1.79 bits per heavy atom. The van der Waals surface area contributed by atoms with E-state index in [1.54, 1.807) is 4.68 Å². The summed E-state index contributed by atoms with van der Waals surface area (Å²) >= 11 is 0. The fourth-order valence-corrected chi connectivity index (χ4v) is 5.96. The van der Waals surface area contributed by atoms with Gasteiger partial charge < -0.3 is 31.3 Å². The highest BCUT2D eigenvalue weighted by atomic mass is 16.5. The molecule has 4 aromatic rings. The van der Waals surface area contributed by atoms with Crippen molar-refractivity contribution in [2.75, 3.05) is 35.3 Å². The van der Waals surface area contributed by atoms with Gasteiger partial charge in [0.25, 0.3) is 5.91 Å². The summed E-state index contributed by atoms with van der Waals surface area (Å²) in [7, 11) is 0. The number of aliphatic hydroxyl groups is 2. The van der Waals surface area contributed by atoms with Gasteiger partial charge in [0.15, 0.2) is 23.1 Å². The van der Waals surface area contributed by atoms with Gasteiger partial charge in [-0.25, -0.2) is 14.7 Å². The molecule has 2 fully saturated rings. The number of nitrogens with zero attached hydrogens (tertiary/aromatic N) is 5. The van der Waals surface area contributed by atoms with E-state index in [1.165, 1.54) is 11.3 Å². The molecule has 6 N–H and O–H groups in total. The molecule has 0 bridgehead atoms. The van der Waals surface area contributed by atoms with Crippen molar-refractivity contribution in [2.45, 2.75) is 62.5 Å². The zero-order chi connectivity index (χ0) is 29.9. The van der Waals surface area contributed by atoms with Crippen molar-refractivity contribution in [3.05, 3.63) is 78.1 Å². The standard InChI is InChI=1S/C31H38N8O4/c1-2-38(30(42)27-26(41)24(40)17-43-27)39-18-34-25-28(36-31(37-29(25)39)35-22-14-13-21(32)15-22)33-16-23(19-9-5-3-6-10-19)20-11-7-4-8-12-20/h3-12,18,21-24,26-27,40-41H,2,13-17,32H2,1H3,(H2,33,35,36,37)/t21?,22?,24-,26-,27-/m0/s1. The first-order valence-corrected chi connectivity index (χ1v) is 14.8. The molecular formula is C31H38N8O4. The molecule has 2 unspecified atom stereocenters. The smallest absolute Gasteiger partial charge is 0.273 e. The van der Waals surface area contributed by atoms with Gasteiger partial charge in [-0.2, -0.15) is 9.97 Å². The second-order valence-corrected chi connectivity index (χ2v) is 11.2. The fourth-order valence-electron chi connectivity index (χ4n) is 5.96. The van der Waals surface area contributed by atoms with Crippen LogP contribution < -0.4 is 21.4 Å². The van der Waals surface area contributed by atoms with Gasteiger partial charge in [-0.05, 0) is 37.3 Å². The van der Waals surface area contributed by atoms with Crippen LogP contribution in [0.15, 0.2) is 67.0 Å². The number of aromatic nitrogens is 4. The number of carbonyl (C=O) groups excluding carboxylic acids is 1. The number of benzene rings is 2. The third-order valence-corrected chi connectivity index (χ3v) is 8.27. The zero-order valence-corrected chi connectivity index (χ0v) is 24.1. The van der Waals surface area contributed by atoms with Crippen LogP contribution in [-0.2, 0) is 9.53 Å². The van der Waals surface area contributed by atoms with Gasteiger partial charge in [0.2, 0.25) is 5.95 Å². The predicted octanol–water partition coefficient (Wildman–Crippen LogP) is 1.97. The highest BCUT2D eigenvalue weighted by molar-refractivity contribution is 5.93. The summed E-state index contributed by atoms with van der Waals surface area (Å²) in [5.41, 5.74) is 9.40. The van der Waals surface area contributed by atoms with Crippen molar-refractivity contribution in [1.82, 2.24) is 19.6 Å². The molecule has 6 rings (SSSR count). The van der Waals surface area contributed by atoms with Crippen molar-refractivity contribution in [2.24, 2.45) is 5.73 Å². The topological polar surface area (TPSA) is 164 Å². The predicted molar refractivity (Wildman–Crippen MR) is 163 cm³/mol. The van der Waals surface area contributed by atoms with Gasteiger partial charge in [0.1, 0.15) is 18.5 Å². The highest BCUT2D eigenvalue weighted by Crippen LogP contribution is 2.29. The van der Waals surface area contributed by atoms with Crippen LogP contribution in [0.3, 0.4) is 0 Å². The lowest BCUT2D eigenvalue weighted by Gasteiger charge is -2.26. The quantitative estimate of drug-likeness (QED) is 0.186. The van der Waals surface area contributed by atoms with Crippen LogP contribution in [0.4, 0.5) is 11.8 Å². The summed E-state index contributed by atoms with van der Waals surface area (Å²) in [5.74, 6) is 0.479. The largest absolute Gasteiger partial charge is 0.388 e. The molecule has 1 aliphatic carbocycles. The molecule has 5 atom stereocenters. The number of aliphatic hydroxyl groups excluding tert-OH is 2. The molecule has 2 aliphatic rings. The van der Waals surface area contributed by atoms with Gasteiger partial charge in [-0.1, -0.05) is 60.7 Å². The molecule has 226 valence electrons. The second-order valence-electron chi connectivity index (χ2n) is 11.2. The summed E-state index contributed by atoms with van der Waals surface area (Å²) in [6.45, 7) is 2.49. The Labute approximate surface area is 249 Å². The van der Waals surface area contributed by atoms with Gasteiger partial charge in [0.05, 0.1) is 6.61 Å². The molecule has 0 spiro atoms. The Kier molecular flexibility index (Phi) is 8.52. The maximum atomic E-state index is 13.5. The number of hydrogen-bond donors (Lipinski definition) is 5. The van der Waals surface area contributed by atoms with Gasteiger partial charge >= 0.3 is 0 Å². The molecule has 2 aromatic heterocycles. The summed E-state index contributed by atoms with van der Waals surface area (Å²) in [6, 6.07) is 20.8. The molecule has 1 amide bonds. The number of fused-ring (bicyclic) bond motifs is 1. The number of nitrogens with one attached hydrogen (secondary N) is 2. The van der Waals surface area contributed by atoms with E-state index in [4.69, 9.17) is 20.4 Å². The van der Waals surface area contributed by atoms with Crippen LogP contribution in [0, 0.1) is 0 Å². The van der Waals surface area contributed by atoms with E-state index in [0.717, 1.165) is 30.4 Å². The van der Waals surface area contributed by atoms with E-state index in [0.29, 0.717) is 29.5 Å². The molecule has 43 heavy (non-hydrogen) atoms. The molecule has 1 aliphatic heterocycles. The lowest BCUT2D eigenvalue weighted by atomic mass is 9.91. The second kappa shape index (κ2) is 12.6. The summed E-state index contributed by atoms with van der Waals surface area (Å²) in [4.78, 5) is 27.7. The van der Waals surface area contributed by atoms with Crippen LogP contribution in [0.5, 0.6) is 0 Å². The number of anilines is 2. The van der Waals surface area contributed by atoms with Crippen LogP contribution >= 0.6 is 0 Å². The average molecular weight is 587 g/mol. The number of amides is 1. The maximum Gasteiger partial charge on any atom is 0.273 e. The first-order valence-electron chi connectivity index (χ1n) is 14.8. The highest BCUT2D eigenvalue weighted by Gasteiger charge is 2.42. The molecule has 3 heterocycles. The molecule has 1 saturated heterocycles. The van der Waals surface area contributed by atoms with Crippen LogP contribution in [0.1, 0.15) is 43.2 Å². The number of likely N-dealkylation sites (N-methyl/N-ethyl adjacent to an activating group) is 1. The van der Waals surface area contributed by atoms with E-state index >= 15 is 0 Å². The minimum Gasteiger partial charge on any atom is -0.388 e. The molecule has 1 saturated carbocycles. The molecule has 0 radical (unpaired) electrons. The minimum absolute atomic E-state index is 0.0416. The normalized spacial score (nSPS) is 23.6. The zero-order valence-electron chi connectivity index (χ0n) is 24.1.